The van der Waals surface area contributed by atoms with Crippen LogP contribution in [0.4, 0.5) is 0 Å². The summed E-state index contributed by atoms with van der Waals surface area (Å²) in [6.07, 6.45) is 0. The van der Waals surface area contributed by atoms with Crippen molar-refractivity contribution in [3.63, 3.8) is 0 Å². The van der Waals surface area contributed by atoms with Crippen LogP contribution in [0.1, 0.15) is 59.6 Å². The van der Waals surface area contributed by atoms with Gasteiger partial charge in [0.25, 0.3) is 0 Å². The normalized spacial score (nSPS) is 23.0. The van der Waals surface area contributed by atoms with Crippen molar-refractivity contribution in [3.8, 4) is 0 Å². The molecule has 2 aliphatic rings. The molecule has 0 N–H and O–H groups in total. The van der Waals surface area contributed by atoms with Crippen LogP contribution < -0.4 is 5.46 Å². The zero-order valence-electron chi connectivity index (χ0n) is 16.6. The molecule has 1 fully saturated rings. The van der Waals surface area contributed by atoms with E-state index in [1.807, 2.05) is 52.8 Å². The fraction of sp³-hybridized carbons (Fsp3) is 0.500. The molecule has 6 heteroatoms. The Morgan fingerprint density at radius 2 is 1.65 bits per heavy atom. The lowest BCUT2D eigenvalue weighted by atomic mass is 9.73. The van der Waals surface area contributed by atoms with E-state index in [1.54, 1.807) is 13.8 Å². The summed E-state index contributed by atoms with van der Waals surface area (Å²) < 4.78 is 12.4. The zero-order valence-corrected chi connectivity index (χ0v) is 16.6. The first-order valence-electron chi connectivity index (χ1n) is 8.82. The summed E-state index contributed by atoms with van der Waals surface area (Å²) in [6, 6.07) is 5.69. The average Bonchev–Trinajstić information content (AvgIpc) is 2.91. The van der Waals surface area contributed by atoms with Gasteiger partial charge in [-0.3, -0.25) is 4.79 Å². The second-order valence-electron chi connectivity index (χ2n) is 8.54. The van der Waals surface area contributed by atoms with Crippen LogP contribution >= 0.6 is 0 Å². The minimum absolute atomic E-state index is 0.138. The van der Waals surface area contributed by atoms with Crippen LogP contribution in [0.3, 0.4) is 0 Å². The number of rotatable bonds is 3. The number of ketones is 1. The number of carbonyl (C=O) groups is 1. The van der Waals surface area contributed by atoms with E-state index in [4.69, 9.17) is 14.1 Å². The second kappa shape index (κ2) is 5.79. The Hall–Kier alpha value is -1.92. The Morgan fingerprint density at radius 1 is 1.08 bits per heavy atom. The van der Waals surface area contributed by atoms with E-state index in [0.29, 0.717) is 11.3 Å². The summed E-state index contributed by atoms with van der Waals surface area (Å²) in [5.74, 6) is -0.138. The summed E-state index contributed by atoms with van der Waals surface area (Å²) in [6.45, 7) is 17.5. The maximum Gasteiger partial charge on any atom is 0.495 e. The van der Waals surface area contributed by atoms with Crippen LogP contribution in [0, 0.1) is 0 Å². The van der Waals surface area contributed by atoms with Crippen molar-refractivity contribution in [2.24, 2.45) is 5.16 Å². The second-order valence-corrected chi connectivity index (χ2v) is 8.54. The number of carbonyl (C=O) groups excluding carboxylic acids is 1. The van der Waals surface area contributed by atoms with Crippen molar-refractivity contribution in [1.29, 1.82) is 0 Å². The van der Waals surface area contributed by atoms with Crippen molar-refractivity contribution in [1.82, 2.24) is 0 Å². The molecule has 26 heavy (non-hydrogen) atoms. The van der Waals surface area contributed by atoms with E-state index >= 15 is 0 Å². The highest BCUT2D eigenvalue weighted by Crippen LogP contribution is 2.37. The van der Waals surface area contributed by atoms with Gasteiger partial charge in [-0.25, -0.2) is 0 Å². The minimum atomic E-state index is -0.938. The molecule has 1 saturated heterocycles. The number of allylic oxidation sites excluding steroid dienone is 1. The molecule has 0 amide bonds. The Bertz CT molecular complexity index is 807. The molecule has 0 spiro atoms. The summed E-state index contributed by atoms with van der Waals surface area (Å²) in [5, 5.41) is 4.00. The van der Waals surface area contributed by atoms with Crippen LogP contribution in [-0.4, -0.2) is 35.4 Å². The smallest absolute Gasteiger partial charge is 0.399 e. The lowest BCUT2D eigenvalue weighted by Gasteiger charge is -2.32. The Balaban J connectivity index is 2.05. The van der Waals surface area contributed by atoms with Gasteiger partial charge in [-0.2, -0.15) is 0 Å². The molecular weight excluding hydrogens is 329 g/mol. The molecule has 0 saturated carbocycles. The topological polar surface area (TPSA) is 57.1 Å². The Morgan fingerprint density at radius 3 is 2.12 bits per heavy atom. The SMILES string of the molecule is C=C(C)c1ccc(C2=NOC(C)(C)C2=O)cc1B1OC(C)(C)C(C)(C)O1. The monoisotopic (exact) mass is 355 g/mol. The third-order valence-electron chi connectivity index (χ3n) is 5.42. The van der Waals surface area contributed by atoms with Crippen molar-refractivity contribution in [3.05, 3.63) is 35.9 Å². The standard InChI is InChI=1S/C20H26BNO4/c1-12(2)14-10-9-13(16-17(23)18(3,4)26-22-16)11-15(14)21-24-19(5,6)20(7,8)25-21/h9-11H,1H2,2-8H3. The van der Waals surface area contributed by atoms with Gasteiger partial charge in [0.15, 0.2) is 11.3 Å². The van der Waals surface area contributed by atoms with Crippen LogP contribution in [0.5, 0.6) is 0 Å². The number of nitrogens with zero attached hydrogens (tertiary/aromatic N) is 1. The molecule has 1 aromatic carbocycles. The first-order chi connectivity index (χ1) is 11.9. The number of Topliss-reactive ketones (excluding diaryl/α,β-unsaturated/α-hetero) is 1. The first-order valence-corrected chi connectivity index (χ1v) is 8.82. The molecule has 0 bridgehead atoms. The highest BCUT2D eigenvalue weighted by molar-refractivity contribution is 6.63. The fourth-order valence-electron chi connectivity index (χ4n) is 2.98. The Labute approximate surface area is 155 Å². The highest BCUT2D eigenvalue weighted by atomic mass is 16.7. The minimum Gasteiger partial charge on any atom is -0.399 e. The molecule has 1 aromatic rings. The molecule has 2 aliphatic heterocycles. The van der Waals surface area contributed by atoms with E-state index in [2.05, 4.69) is 11.7 Å². The molecular formula is C20H26BNO4. The lowest BCUT2D eigenvalue weighted by molar-refractivity contribution is -0.128. The molecule has 3 rings (SSSR count). The van der Waals surface area contributed by atoms with E-state index in [1.165, 1.54) is 0 Å². The van der Waals surface area contributed by atoms with Gasteiger partial charge in [-0.1, -0.05) is 35.5 Å². The number of hydrogen-bond donors (Lipinski definition) is 0. The summed E-state index contributed by atoms with van der Waals surface area (Å²) in [5.41, 5.74) is 1.85. The molecule has 138 valence electrons. The average molecular weight is 355 g/mol. The van der Waals surface area contributed by atoms with Crippen LogP contribution in [-0.2, 0) is 18.9 Å². The van der Waals surface area contributed by atoms with Crippen molar-refractivity contribution >= 4 is 29.6 Å². The summed E-state index contributed by atoms with van der Waals surface area (Å²) >= 11 is 0. The fourth-order valence-corrected chi connectivity index (χ4v) is 2.98. The van der Waals surface area contributed by atoms with Gasteiger partial charge in [-0.15, -0.1) is 0 Å². The summed E-state index contributed by atoms with van der Waals surface area (Å²) in [7, 11) is -0.544. The van der Waals surface area contributed by atoms with Gasteiger partial charge in [0.05, 0.1) is 11.2 Å². The quantitative estimate of drug-likeness (QED) is 0.782. The first kappa shape index (κ1) is 18.9. The van der Waals surface area contributed by atoms with Crippen molar-refractivity contribution in [2.45, 2.75) is 65.3 Å². The zero-order chi connectivity index (χ0) is 19.5. The number of oxime groups is 1. The van der Waals surface area contributed by atoms with E-state index < -0.39 is 23.9 Å². The molecule has 0 aliphatic carbocycles. The van der Waals surface area contributed by atoms with Crippen LogP contribution in [0.25, 0.3) is 5.57 Å². The maximum atomic E-state index is 12.5. The van der Waals surface area contributed by atoms with E-state index in [0.717, 1.165) is 16.6 Å². The van der Waals surface area contributed by atoms with E-state index in [9.17, 15) is 4.79 Å². The van der Waals surface area contributed by atoms with Gasteiger partial charge >= 0.3 is 7.12 Å². The molecule has 2 heterocycles. The predicted octanol–water partition coefficient (Wildman–Crippen LogP) is 3.10. The molecule has 0 unspecified atom stereocenters. The third kappa shape index (κ3) is 2.91. The summed E-state index contributed by atoms with van der Waals surface area (Å²) in [4.78, 5) is 17.8. The third-order valence-corrected chi connectivity index (χ3v) is 5.42. The molecule has 5 nitrogen and oxygen atoms in total. The lowest BCUT2D eigenvalue weighted by Crippen LogP contribution is -2.41. The number of benzene rings is 1. The van der Waals surface area contributed by atoms with E-state index in [-0.39, 0.29) is 5.78 Å². The molecule has 0 radical (unpaired) electrons. The Kier molecular flexibility index (Phi) is 4.20. The van der Waals surface area contributed by atoms with Gasteiger partial charge in [0, 0.05) is 5.56 Å². The molecule has 0 atom stereocenters. The van der Waals surface area contributed by atoms with Gasteiger partial charge < -0.3 is 14.1 Å². The van der Waals surface area contributed by atoms with Gasteiger partial charge in [0.1, 0.15) is 0 Å². The molecule has 0 aromatic heterocycles. The highest BCUT2D eigenvalue weighted by Gasteiger charge is 2.52. The number of hydrogen-bond acceptors (Lipinski definition) is 5. The van der Waals surface area contributed by atoms with Crippen LogP contribution in [0.15, 0.2) is 29.9 Å². The van der Waals surface area contributed by atoms with Gasteiger partial charge in [0.2, 0.25) is 5.78 Å². The van der Waals surface area contributed by atoms with Crippen molar-refractivity contribution in [2.75, 3.05) is 0 Å². The van der Waals surface area contributed by atoms with Crippen LogP contribution in [0.2, 0.25) is 0 Å². The van der Waals surface area contributed by atoms with Crippen molar-refractivity contribution < 1.29 is 18.9 Å². The van der Waals surface area contributed by atoms with Gasteiger partial charge in [-0.05, 0) is 59.5 Å². The largest absolute Gasteiger partial charge is 0.495 e. The predicted molar refractivity (Wildman–Crippen MR) is 104 cm³/mol. The maximum absolute atomic E-state index is 12.5.